The summed E-state index contributed by atoms with van der Waals surface area (Å²) in [4.78, 5) is 12.0. The maximum atomic E-state index is 12.0. The van der Waals surface area contributed by atoms with E-state index in [0.29, 0.717) is 30.2 Å². The number of ether oxygens (including phenoxy) is 2. The fraction of sp³-hybridized carbons (Fsp3) is 0.176. The van der Waals surface area contributed by atoms with Crippen LogP contribution in [0.3, 0.4) is 0 Å². The lowest BCUT2D eigenvalue weighted by Gasteiger charge is -2.18. The molecule has 6 heteroatoms. The smallest absolute Gasteiger partial charge is 0.271 e. The Bertz CT molecular complexity index is 757. The van der Waals surface area contributed by atoms with Crippen LogP contribution in [0.15, 0.2) is 52.0 Å². The lowest BCUT2D eigenvalue weighted by atomic mass is 10.1. The van der Waals surface area contributed by atoms with Crippen LogP contribution in [-0.4, -0.2) is 24.8 Å². The Morgan fingerprint density at radius 3 is 2.43 bits per heavy atom. The summed E-state index contributed by atoms with van der Waals surface area (Å²) >= 11 is 3.34. The van der Waals surface area contributed by atoms with Crippen LogP contribution in [0.4, 0.5) is 0 Å². The van der Waals surface area contributed by atoms with Gasteiger partial charge in [0, 0.05) is 15.6 Å². The summed E-state index contributed by atoms with van der Waals surface area (Å²) in [5.74, 6) is 1.17. The SMILES string of the molecule is C/C(=N/NC(=O)c1ccc(Br)cc1)c1ccc2c(c1)OCCO2. The molecule has 0 saturated carbocycles. The topological polar surface area (TPSA) is 59.9 Å². The zero-order valence-corrected chi connectivity index (χ0v) is 14.1. The molecule has 2 aromatic carbocycles. The summed E-state index contributed by atoms with van der Waals surface area (Å²) in [6.45, 7) is 2.92. The number of rotatable bonds is 3. The molecule has 0 aromatic heterocycles. The predicted octanol–water partition coefficient (Wildman–Crippen LogP) is 3.37. The summed E-state index contributed by atoms with van der Waals surface area (Å²) in [7, 11) is 0. The van der Waals surface area contributed by atoms with Crippen molar-refractivity contribution in [2.75, 3.05) is 13.2 Å². The second-order valence-corrected chi connectivity index (χ2v) is 5.92. The molecule has 0 saturated heterocycles. The van der Waals surface area contributed by atoms with Crippen molar-refractivity contribution in [3.8, 4) is 11.5 Å². The van der Waals surface area contributed by atoms with Gasteiger partial charge in [0.15, 0.2) is 11.5 Å². The van der Waals surface area contributed by atoms with Crippen molar-refractivity contribution in [3.05, 3.63) is 58.1 Å². The average molecular weight is 375 g/mol. The van der Waals surface area contributed by atoms with Gasteiger partial charge in [-0.25, -0.2) is 5.43 Å². The normalized spacial score (nSPS) is 13.6. The third kappa shape index (κ3) is 3.71. The number of nitrogens with one attached hydrogen (secondary N) is 1. The molecular weight excluding hydrogens is 360 g/mol. The number of hydrogen-bond acceptors (Lipinski definition) is 4. The van der Waals surface area contributed by atoms with E-state index >= 15 is 0 Å². The van der Waals surface area contributed by atoms with Crippen LogP contribution in [0.25, 0.3) is 0 Å². The van der Waals surface area contributed by atoms with E-state index in [0.717, 1.165) is 15.8 Å². The number of hydrazone groups is 1. The van der Waals surface area contributed by atoms with Crippen LogP contribution in [0, 0.1) is 0 Å². The Morgan fingerprint density at radius 2 is 1.70 bits per heavy atom. The number of carbonyl (C=O) groups is 1. The molecule has 5 nitrogen and oxygen atoms in total. The average Bonchev–Trinajstić information content (AvgIpc) is 2.59. The number of fused-ring (bicyclic) bond motifs is 1. The highest BCUT2D eigenvalue weighted by Gasteiger charge is 2.13. The third-order valence-corrected chi connectivity index (χ3v) is 3.92. The van der Waals surface area contributed by atoms with Gasteiger partial charge in [0.2, 0.25) is 0 Å². The largest absolute Gasteiger partial charge is 0.486 e. The minimum absolute atomic E-state index is 0.255. The minimum atomic E-state index is -0.255. The first kappa shape index (κ1) is 15.6. The molecule has 118 valence electrons. The van der Waals surface area contributed by atoms with E-state index < -0.39 is 0 Å². The van der Waals surface area contributed by atoms with Gasteiger partial charge in [0.25, 0.3) is 5.91 Å². The lowest BCUT2D eigenvalue weighted by molar-refractivity contribution is 0.0955. The fourth-order valence-corrected chi connectivity index (χ4v) is 2.40. The molecule has 1 aliphatic rings. The Kier molecular flexibility index (Phi) is 4.62. The Hall–Kier alpha value is -2.34. The number of amides is 1. The van der Waals surface area contributed by atoms with Crippen molar-refractivity contribution < 1.29 is 14.3 Å². The van der Waals surface area contributed by atoms with Crippen LogP contribution in [0.2, 0.25) is 0 Å². The van der Waals surface area contributed by atoms with Gasteiger partial charge in [-0.1, -0.05) is 15.9 Å². The van der Waals surface area contributed by atoms with Crippen LogP contribution in [0.1, 0.15) is 22.8 Å². The maximum absolute atomic E-state index is 12.0. The van der Waals surface area contributed by atoms with Crippen molar-refractivity contribution in [2.45, 2.75) is 6.92 Å². The van der Waals surface area contributed by atoms with Gasteiger partial charge < -0.3 is 9.47 Å². The van der Waals surface area contributed by atoms with E-state index in [2.05, 4.69) is 26.5 Å². The van der Waals surface area contributed by atoms with Crippen LogP contribution < -0.4 is 14.9 Å². The molecule has 2 aromatic rings. The number of carbonyl (C=O) groups excluding carboxylic acids is 1. The van der Waals surface area contributed by atoms with Gasteiger partial charge in [0.1, 0.15) is 13.2 Å². The first-order chi connectivity index (χ1) is 11.1. The van der Waals surface area contributed by atoms with E-state index in [1.165, 1.54) is 0 Å². The van der Waals surface area contributed by atoms with Gasteiger partial charge in [0.05, 0.1) is 5.71 Å². The molecule has 1 heterocycles. The summed E-state index contributed by atoms with van der Waals surface area (Å²) in [6, 6.07) is 12.7. The standard InChI is InChI=1S/C17H15BrN2O3/c1-11(13-4-7-15-16(10-13)23-9-8-22-15)19-20-17(21)12-2-5-14(18)6-3-12/h2-7,10H,8-9H2,1H3,(H,20,21)/b19-11-. The van der Waals surface area contributed by atoms with Gasteiger partial charge in [-0.05, 0) is 49.4 Å². The van der Waals surface area contributed by atoms with Gasteiger partial charge in [-0.2, -0.15) is 5.10 Å². The molecule has 0 atom stereocenters. The summed E-state index contributed by atoms with van der Waals surface area (Å²) < 4.78 is 12.0. The predicted molar refractivity (Wildman–Crippen MR) is 91.3 cm³/mol. The molecule has 3 rings (SSSR count). The van der Waals surface area contributed by atoms with Crippen LogP contribution in [-0.2, 0) is 0 Å². The molecule has 0 aliphatic carbocycles. The van der Waals surface area contributed by atoms with Crippen molar-refractivity contribution in [1.82, 2.24) is 5.43 Å². The molecule has 1 N–H and O–H groups in total. The minimum Gasteiger partial charge on any atom is -0.486 e. The Labute approximate surface area is 142 Å². The van der Waals surface area contributed by atoms with E-state index in [1.807, 2.05) is 37.3 Å². The van der Waals surface area contributed by atoms with Crippen molar-refractivity contribution in [1.29, 1.82) is 0 Å². The van der Waals surface area contributed by atoms with E-state index in [1.54, 1.807) is 12.1 Å². The zero-order chi connectivity index (χ0) is 16.2. The highest BCUT2D eigenvalue weighted by atomic mass is 79.9. The molecule has 0 fully saturated rings. The fourth-order valence-electron chi connectivity index (χ4n) is 2.13. The van der Waals surface area contributed by atoms with Crippen LogP contribution >= 0.6 is 15.9 Å². The molecule has 0 unspecified atom stereocenters. The Balaban J connectivity index is 1.72. The monoisotopic (exact) mass is 374 g/mol. The van der Waals surface area contributed by atoms with Gasteiger partial charge in [-0.15, -0.1) is 0 Å². The molecular formula is C17H15BrN2O3. The van der Waals surface area contributed by atoms with Crippen molar-refractivity contribution >= 4 is 27.5 Å². The quantitative estimate of drug-likeness (QED) is 0.661. The summed E-state index contributed by atoms with van der Waals surface area (Å²) in [5, 5.41) is 4.15. The van der Waals surface area contributed by atoms with Crippen molar-refractivity contribution in [3.63, 3.8) is 0 Å². The number of hydrogen-bond donors (Lipinski definition) is 1. The van der Waals surface area contributed by atoms with E-state index in [9.17, 15) is 4.79 Å². The molecule has 1 amide bonds. The maximum Gasteiger partial charge on any atom is 0.271 e. The number of benzene rings is 2. The van der Waals surface area contributed by atoms with Gasteiger partial charge >= 0.3 is 0 Å². The van der Waals surface area contributed by atoms with Crippen molar-refractivity contribution in [2.24, 2.45) is 5.10 Å². The molecule has 0 spiro atoms. The molecule has 0 bridgehead atoms. The molecule has 23 heavy (non-hydrogen) atoms. The highest BCUT2D eigenvalue weighted by molar-refractivity contribution is 9.10. The van der Waals surface area contributed by atoms with E-state index in [-0.39, 0.29) is 5.91 Å². The van der Waals surface area contributed by atoms with E-state index in [4.69, 9.17) is 9.47 Å². The highest BCUT2D eigenvalue weighted by Crippen LogP contribution is 2.30. The molecule has 0 radical (unpaired) electrons. The first-order valence-electron chi connectivity index (χ1n) is 7.14. The summed E-state index contributed by atoms with van der Waals surface area (Å²) in [6.07, 6.45) is 0. The molecule has 1 aliphatic heterocycles. The second kappa shape index (κ2) is 6.83. The van der Waals surface area contributed by atoms with Crippen LogP contribution in [0.5, 0.6) is 11.5 Å². The third-order valence-electron chi connectivity index (χ3n) is 3.39. The summed E-state index contributed by atoms with van der Waals surface area (Å²) in [5.41, 5.74) is 4.66. The number of nitrogens with zero attached hydrogens (tertiary/aromatic N) is 1. The Morgan fingerprint density at radius 1 is 1.04 bits per heavy atom. The second-order valence-electron chi connectivity index (χ2n) is 5.00. The first-order valence-corrected chi connectivity index (χ1v) is 7.93. The number of halogens is 1. The van der Waals surface area contributed by atoms with Gasteiger partial charge in [-0.3, -0.25) is 4.79 Å². The zero-order valence-electron chi connectivity index (χ0n) is 12.5. The lowest BCUT2D eigenvalue weighted by Crippen LogP contribution is -2.19.